The molecule has 2 aliphatic rings. The second kappa shape index (κ2) is 11.0. The molecule has 2 aliphatic carbocycles. The zero-order valence-electron chi connectivity index (χ0n) is 21.1. The molecule has 0 radical (unpaired) electrons. The molecular weight excluding hydrogens is 641 g/mol. The molecule has 2 saturated carbocycles. The average molecular weight is 667 g/mol. The zero-order chi connectivity index (χ0) is 28.7. The van der Waals surface area contributed by atoms with E-state index in [9.17, 15) is 32.3 Å². The summed E-state index contributed by atoms with van der Waals surface area (Å²) in [7, 11) is 0. The van der Waals surface area contributed by atoms with E-state index in [4.69, 9.17) is 0 Å². The number of benzene rings is 2. The van der Waals surface area contributed by atoms with Gasteiger partial charge in [-0.2, -0.15) is 13.2 Å². The van der Waals surface area contributed by atoms with Crippen LogP contribution in [-0.4, -0.2) is 28.1 Å². The Hall–Kier alpha value is -3.22. The second-order valence-electron chi connectivity index (χ2n) is 10.5. The molecule has 1 aromatic heterocycles. The Labute approximate surface area is 241 Å². The van der Waals surface area contributed by atoms with E-state index in [0.717, 1.165) is 28.5 Å². The summed E-state index contributed by atoms with van der Waals surface area (Å²) in [4.78, 5) is 30.2. The number of aromatic nitrogens is 1. The number of hydrogen-bond donors (Lipinski definition) is 3. The van der Waals surface area contributed by atoms with Crippen LogP contribution < -0.4 is 10.6 Å². The van der Waals surface area contributed by atoms with Gasteiger partial charge in [0.15, 0.2) is 0 Å². The van der Waals surface area contributed by atoms with Crippen LogP contribution in [0.25, 0.3) is 0 Å². The smallest absolute Gasteiger partial charge is 0.416 e. The molecule has 0 unspecified atom stereocenters. The minimum Gasteiger partial charge on any atom is -0.481 e. The number of nitrogens with one attached hydrogen (secondary N) is 2. The van der Waals surface area contributed by atoms with E-state index in [1.807, 2.05) is 22.6 Å². The maximum atomic E-state index is 14.8. The Morgan fingerprint density at radius 1 is 1.00 bits per heavy atom. The van der Waals surface area contributed by atoms with Gasteiger partial charge in [-0.25, -0.2) is 9.18 Å². The molecule has 2 amide bonds. The van der Waals surface area contributed by atoms with Crippen molar-refractivity contribution in [3.63, 3.8) is 0 Å². The summed E-state index contributed by atoms with van der Waals surface area (Å²) in [5.74, 6) is -2.92. The van der Waals surface area contributed by atoms with E-state index < -0.39 is 47.1 Å². The van der Waals surface area contributed by atoms with Crippen LogP contribution in [0.5, 0.6) is 0 Å². The molecular formula is C29H26F4IN3O3. The van der Waals surface area contributed by atoms with Crippen molar-refractivity contribution in [1.82, 2.24) is 15.6 Å². The number of amides is 2. The minimum absolute atomic E-state index is 0.0113. The molecule has 11 heteroatoms. The summed E-state index contributed by atoms with van der Waals surface area (Å²) in [5, 5.41) is 15.5. The normalized spacial score (nSPS) is 23.4. The molecule has 5 atom stereocenters. The van der Waals surface area contributed by atoms with Gasteiger partial charge in [-0.3, -0.25) is 9.78 Å². The van der Waals surface area contributed by atoms with Gasteiger partial charge in [0, 0.05) is 22.2 Å². The lowest BCUT2D eigenvalue weighted by Crippen LogP contribution is -2.57. The van der Waals surface area contributed by atoms with Crippen molar-refractivity contribution in [1.29, 1.82) is 0 Å². The minimum atomic E-state index is -4.84. The third kappa shape index (κ3) is 5.65. The van der Waals surface area contributed by atoms with Crippen LogP contribution in [0.3, 0.4) is 0 Å². The summed E-state index contributed by atoms with van der Waals surface area (Å²) < 4.78 is 57.0. The summed E-state index contributed by atoms with van der Waals surface area (Å²) in [6.45, 7) is 0. The number of carbonyl (C=O) groups is 2. The Balaban J connectivity index is 1.62. The Morgan fingerprint density at radius 3 is 2.35 bits per heavy atom. The van der Waals surface area contributed by atoms with Gasteiger partial charge in [0.2, 0.25) is 0 Å². The molecule has 3 aromatic rings. The third-order valence-electron chi connectivity index (χ3n) is 8.02. The number of carboxylic acid groups (broad SMARTS) is 1. The number of rotatable bonds is 7. The molecule has 1 heterocycles. The number of aliphatic carboxylic acids is 1. The number of alkyl halides is 3. The van der Waals surface area contributed by atoms with Gasteiger partial charge in [0.25, 0.3) is 0 Å². The summed E-state index contributed by atoms with van der Waals surface area (Å²) in [6.07, 6.45) is -1.13. The van der Waals surface area contributed by atoms with E-state index in [0.29, 0.717) is 18.1 Å². The van der Waals surface area contributed by atoms with Gasteiger partial charge in [-0.15, -0.1) is 0 Å². The van der Waals surface area contributed by atoms with Crippen molar-refractivity contribution < 1.29 is 32.3 Å². The summed E-state index contributed by atoms with van der Waals surface area (Å²) in [5.41, 5.74) is -2.21. The van der Waals surface area contributed by atoms with Gasteiger partial charge in [-0.1, -0.05) is 30.3 Å². The van der Waals surface area contributed by atoms with Gasteiger partial charge in [-0.05, 0) is 95.1 Å². The first-order valence-electron chi connectivity index (χ1n) is 12.8. The first-order valence-corrected chi connectivity index (χ1v) is 13.9. The molecule has 2 fully saturated rings. The molecule has 0 aliphatic heterocycles. The van der Waals surface area contributed by atoms with Crippen molar-refractivity contribution in [2.45, 2.75) is 43.4 Å². The lowest BCUT2D eigenvalue weighted by molar-refractivity contribution is -0.144. The maximum absolute atomic E-state index is 14.8. The molecule has 6 nitrogen and oxygen atoms in total. The molecule has 0 saturated heterocycles. The fraction of sp³-hybridized carbons (Fsp3) is 0.345. The third-order valence-corrected chi connectivity index (χ3v) is 8.66. The largest absolute Gasteiger partial charge is 0.481 e. The molecule has 210 valence electrons. The van der Waals surface area contributed by atoms with Crippen molar-refractivity contribution in [2.75, 3.05) is 0 Å². The van der Waals surface area contributed by atoms with E-state index >= 15 is 0 Å². The molecule has 5 rings (SSSR count). The predicted molar refractivity (Wildman–Crippen MR) is 147 cm³/mol. The molecule has 0 spiro atoms. The van der Waals surface area contributed by atoms with E-state index in [-0.39, 0.29) is 29.5 Å². The van der Waals surface area contributed by atoms with Crippen molar-refractivity contribution in [3.05, 3.63) is 98.6 Å². The van der Waals surface area contributed by atoms with Gasteiger partial charge >= 0.3 is 18.2 Å². The van der Waals surface area contributed by atoms with Crippen LogP contribution in [-0.2, 0) is 22.9 Å². The highest BCUT2D eigenvalue weighted by molar-refractivity contribution is 14.1. The summed E-state index contributed by atoms with van der Waals surface area (Å²) >= 11 is 2.03. The van der Waals surface area contributed by atoms with Crippen LogP contribution in [0.1, 0.15) is 41.6 Å². The number of hydrogen-bond acceptors (Lipinski definition) is 3. The van der Waals surface area contributed by atoms with Gasteiger partial charge in [0.05, 0.1) is 17.2 Å². The summed E-state index contributed by atoms with van der Waals surface area (Å²) in [6, 6.07) is 12.9. The standard InChI is InChI=1S/C29H26F4IN3O3/c30-21-12-19(11-20(13-21)29(31,32)33)28(14-16-4-2-1-3-5-16,23-9-8-22(34)15-35-23)37-27(40)36-25-18-7-6-17(10-18)24(25)26(38)39/h1-5,8-9,11-13,15,17-18,24-25H,6-7,10,14H2,(H,38,39)(H2,36,37,40)/t17-,18+,24+,25-,28+/m1/s1. The number of fused-ring (bicyclic) bond motifs is 2. The fourth-order valence-electron chi connectivity index (χ4n) is 6.29. The average Bonchev–Trinajstić information content (AvgIpc) is 3.50. The van der Waals surface area contributed by atoms with Crippen LogP contribution >= 0.6 is 22.6 Å². The highest BCUT2D eigenvalue weighted by Crippen LogP contribution is 2.48. The van der Waals surface area contributed by atoms with Crippen molar-refractivity contribution >= 4 is 34.6 Å². The van der Waals surface area contributed by atoms with E-state index in [1.54, 1.807) is 42.5 Å². The number of carbonyl (C=O) groups excluding carboxylic acids is 1. The first kappa shape index (κ1) is 28.3. The molecule has 3 N–H and O–H groups in total. The Bertz CT molecular complexity index is 1400. The van der Waals surface area contributed by atoms with Crippen LogP contribution in [0, 0.1) is 27.1 Å². The first-order chi connectivity index (χ1) is 19.0. The number of urea groups is 1. The number of nitrogens with zero attached hydrogens (tertiary/aromatic N) is 1. The number of carboxylic acids is 1. The zero-order valence-corrected chi connectivity index (χ0v) is 23.2. The van der Waals surface area contributed by atoms with Crippen LogP contribution in [0.2, 0.25) is 0 Å². The van der Waals surface area contributed by atoms with Gasteiger partial charge < -0.3 is 15.7 Å². The highest BCUT2D eigenvalue weighted by Gasteiger charge is 2.52. The Kier molecular flexibility index (Phi) is 7.77. The maximum Gasteiger partial charge on any atom is 0.416 e. The number of pyridine rings is 1. The SMILES string of the molecule is O=C(N[C@@H]1[C@H]2CC[C@H](C2)[C@@H]1C(=O)O)N[C@@](Cc1ccccc1)(c1cc(F)cc(C(F)(F)F)c1)c1ccc(I)cn1. The van der Waals surface area contributed by atoms with Crippen LogP contribution in [0.4, 0.5) is 22.4 Å². The van der Waals surface area contributed by atoms with Crippen molar-refractivity contribution in [2.24, 2.45) is 17.8 Å². The Morgan fingerprint density at radius 2 is 1.70 bits per heavy atom. The van der Waals surface area contributed by atoms with Crippen molar-refractivity contribution in [3.8, 4) is 0 Å². The fourth-order valence-corrected chi connectivity index (χ4v) is 6.61. The topological polar surface area (TPSA) is 91.3 Å². The lowest BCUT2D eigenvalue weighted by Gasteiger charge is -2.37. The highest BCUT2D eigenvalue weighted by atomic mass is 127. The van der Waals surface area contributed by atoms with Gasteiger partial charge in [0.1, 0.15) is 11.4 Å². The molecule has 40 heavy (non-hydrogen) atoms. The number of halogens is 5. The van der Waals surface area contributed by atoms with E-state index in [2.05, 4.69) is 15.6 Å². The lowest BCUT2D eigenvalue weighted by atomic mass is 9.79. The molecule has 2 bridgehead atoms. The quantitative estimate of drug-likeness (QED) is 0.209. The molecule has 2 aromatic carbocycles. The second-order valence-corrected chi connectivity index (χ2v) is 11.7. The monoisotopic (exact) mass is 667 g/mol. The van der Waals surface area contributed by atoms with E-state index in [1.165, 1.54) is 6.20 Å². The predicted octanol–water partition coefficient (Wildman–Crippen LogP) is 6.13. The van der Waals surface area contributed by atoms with Crippen LogP contribution in [0.15, 0.2) is 66.9 Å².